The van der Waals surface area contributed by atoms with Crippen molar-refractivity contribution in [2.75, 3.05) is 13.7 Å². The predicted octanol–water partition coefficient (Wildman–Crippen LogP) is 0.926. The maximum absolute atomic E-state index is 12.5. The molecule has 3 unspecified atom stereocenters. The molecule has 1 saturated heterocycles. The summed E-state index contributed by atoms with van der Waals surface area (Å²) in [6, 6.07) is 9.25. The third kappa shape index (κ3) is 7.03. The van der Waals surface area contributed by atoms with E-state index in [0.29, 0.717) is 13.0 Å². The Labute approximate surface area is 169 Å². The lowest BCUT2D eigenvalue weighted by atomic mass is 10.1. The van der Waals surface area contributed by atoms with Crippen LogP contribution in [0.2, 0.25) is 0 Å². The Hall–Kier alpha value is -2.65. The summed E-state index contributed by atoms with van der Waals surface area (Å²) in [5.74, 6) is -1.36. The summed E-state index contributed by atoms with van der Waals surface area (Å²) in [6.45, 7) is 0.533. The highest BCUT2D eigenvalue weighted by atomic mass is 16.6. The molecule has 0 aliphatic carbocycles. The molecule has 29 heavy (non-hydrogen) atoms. The number of piperidine rings is 1. The predicted molar refractivity (Wildman–Crippen MR) is 102 cm³/mol. The van der Waals surface area contributed by atoms with Gasteiger partial charge in [0.15, 0.2) is 6.10 Å². The van der Waals surface area contributed by atoms with Gasteiger partial charge in [0, 0.05) is 13.0 Å². The molecule has 3 atom stereocenters. The van der Waals surface area contributed by atoms with Crippen molar-refractivity contribution in [2.45, 2.75) is 57.1 Å². The van der Waals surface area contributed by atoms with E-state index in [0.717, 1.165) is 18.4 Å². The molecule has 1 aliphatic rings. The molecule has 1 fully saturated rings. The lowest BCUT2D eigenvalue weighted by Gasteiger charge is -2.35. The Morgan fingerprint density at radius 1 is 1.21 bits per heavy atom. The number of amides is 2. The van der Waals surface area contributed by atoms with Gasteiger partial charge in [-0.15, -0.1) is 0 Å². The first-order valence-electron chi connectivity index (χ1n) is 9.63. The number of carbonyl (C=O) groups is 3. The number of methoxy groups -OCH3 is 1. The summed E-state index contributed by atoms with van der Waals surface area (Å²) in [5.41, 5.74) is 0.850. The van der Waals surface area contributed by atoms with Gasteiger partial charge >= 0.3 is 12.1 Å². The molecule has 1 aromatic carbocycles. The fourth-order valence-electron chi connectivity index (χ4n) is 3.05. The molecule has 1 heterocycles. The van der Waals surface area contributed by atoms with Crippen LogP contribution >= 0.6 is 0 Å². The number of benzene rings is 1. The highest BCUT2D eigenvalue weighted by Gasteiger charge is 2.32. The van der Waals surface area contributed by atoms with E-state index in [4.69, 9.17) is 4.74 Å². The number of carbonyl (C=O) groups excluding carboxylic acids is 3. The van der Waals surface area contributed by atoms with Crippen molar-refractivity contribution in [3.8, 4) is 0 Å². The standard InChI is InChI=1S/C20H28N2O7/c1-28-17(24)11-10-15(23)18(25)19(26)21-16-9-5-6-12-22(16)20(27)29-13-14-7-3-2-4-8-14/h2-4,7-8,15-16,18,23,25H,5-6,9-13H2,1H3,(H,21,26). The molecule has 3 N–H and O–H groups in total. The number of aliphatic hydroxyl groups excluding tert-OH is 2. The van der Waals surface area contributed by atoms with Crippen LogP contribution in [0.15, 0.2) is 30.3 Å². The van der Waals surface area contributed by atoms with Crippen LogP contribution in [0.4, 0.5) is 4.79 Å². The van der Waals surface area contributed by atoms with Gasteiger partial charge in [-0.1, -0.05) is 30.3 Å². The maximum Gasteiger partial charge on any atom is 0.411 e. The van der Waals surface area contributed by atoms with E-state index >= 15 is 0 Å². The van der Waals surface area contributed by atoms with Gasteiger partial charge in [0.2, 0.25) is 0 Å². The van der Waals surface area contributed by atoms with E-state index in [9.17, 15) is 24.6 Å². The monoisotopic (exact) mass is 408 g/mol. The van der Waals surface area contributed by atoms with Gasteiger partial charge in [-0.25, -0.2) is 4.79 Å². The summed E-state index contributed by atoms with van der Waals surface area (Å²) in [7, 11) is 1.21. The van der Waals surface area contributed by atoms with Crippen molar-refractivity contribution in [3.05, 3.63) is 35.9 Å². The minimum absolute atomic E-state index is 0.116. The van der Waals surface area contributed by atoms with E-state index < -0.39 is 36.3 Å². The number of rotatable bonds is 8. The number of esters is 1. The number of likely N-dealkylation sites (tertiary alicyclic amines) is 1. The van der Waals surface area contributed by atoms with Crippen LogP contribution < -0.4 is 5.32 Å². The first-order chi connectivity index (χ1) is 13.9. The normalized spacial score (nSPS) is 18.4. The molecular weight excluding hydrogens is 380 g/mol. The van der Waals surface area contributed by atoms with Crippen LogP contribution in [-0.2, 0) is 25.7 Å². The van der Waals surface area contributed by atoms with E-state index in [1.807, 2.05) is 30.3 Å². The van der Waals surface area contributed by atoms with Crippen LogP contribution in [0.3, 0.4) is 0 Å². The van der Waals surface area contributed by atoms with Crippen LogP contribution in [-0.4, -0.2) is 65.1 Å². The fraction of sp³-hybridized carbons (Fsp3) is 0.550. The number of hydrogen-bond acceptors (Lipinski definition) is 7. The van der Waals surface area contributed by atoms with Crippen LogP contribution in [0.1, 0.15) is 37.7 Å². The van der Waals surface area contributed by atoms with Crippen molar-refractivity contribution in [1.29, 1.82) is 0 Å². The minimum atomic E-state index is -1.72. The van der Waals surface area contributed by atoms with Gasteiger partial charge in [0.1, 0.15) is 12.8 Å². The lowest BCUT2D eigenvalue weighted by molar-refractivity contribution is -0.144. The van der Waals surface area contributed by atoms with Gasteiger partial charge in [-0.3, -0.25) is 14.5 Å². The summed E-state index contributed by atoms with van der Waals surface area (Å²) in [5, 5.41) is 22.5. The Morgan fingerprint density at radius 2 is 1.93 bits per heavy atom. The fourth-order valence-corrected chi connectivity index (χ4v) is 3.05. The van der Waals surface area contributed by atoms with Crippen LogP contribution in [0, 0.1) is 0 Å². The van der Waals surface area contributed by atoms with E-state index in [2.05, 4.69) is 10.1 Å². The number of hydrogen-bond donors (Lipinski definition) is 3. The molecular formula is C20H28N2O7. The van der Waals surface area contributed by atoms with Crippen molar-refractivity contribution in [3.63, 3.8) is 0 Å². The Bertz CT molecular complexity index is 683. The smallest absolute Gasteiger partial charge is 0.411 e. The second kappa shape index (κ2) is 11.4. The molecule has 9 nitrogen and oxygen atoms in total. The summed E-state index contributed by atoms with van der Waals surface area (Å²) < 4.78 is 9.80. The second-order valence-corrected chi connectivity index (χ2v) is 6.88. The average molecular weight is 408 g/mol. The zero-order valence-electron chi connectivity index (χ0n) is 16.5. The Balaban J connectivity index is 1.88. The lowest BCUT2D eigenvalue weighted by Crippen LogP contribution is -2.56. The van der Waals surface area contributed by atoms with Gasteiger partial charge in [-0.2, -0.15) is 0 Å². The topological polar surface area (TPSA) is 125 Å². The summed E-state index contributed by atoms with van der Waals surface area (Å²) >= 11 is 0. The number of aliphatic hydroxyl groups is 2. The van der Waals surface area contributed by atoms with Crippen molar-refractivity contribution >= 4 is 18.0 Å². The Kier molecular flexibility index (Phi) is 8.88. The zero-order valence-corrected chi connectivity index (χ0v) is 16.5. The molecule has 0 radical (unpaired) electrons. The van der Waals surface area contributed by atoms with Crippen molar-refractivity contribution in [1.82, 2.24) is 10.2 Å². The highest BCUT2D eigenvalue weighted by molar-refractivity contribution is 5.82. The number of nitrogens with one attached hydrogen (secondary N) is 1. The van der Waals surface area contributed by atoms with Crippen LogP contribution in [0.25, 0.3) is 0 Å². The Morgan fingerprint density at radius 3 is 2.62 bits per heavy atom. The van der Waals surface area contributed by atoms with Gasteiger partial charge in [0.25, 0.3) is 5.91 Å². The molecule has 2 rings (SSSR count). The molecule has 9 heteroatoms. The molecule has 0 spiro atoms. The van der Waals surface area contributed by atoms with E-state index in [1.165, 1.54) is 12.0 Å². The van der Waals surface area contributed by atoms with Crippen LogP contribution in [0.5, 0.6) is 0 Å². The van der Waals surface area contributed by atoms with Gasteiger partial charge in [-0.05, 0) is 31.2 Å². The quantitative estimate of drug-likeness (QED) is 0.546. The van der Waals surface area contributed by atoms with E-state index in [-0.39, 0.29) is 19.4 Å². The average Bonchev–Trinajstić information content (AvgIpc) is 2.75. The molecule has 0 bridgehead atoms. The maximum atomic E-state index is 12.5. The largest absolute Gasteiger partial charge is 0.469 e. The van der Waals surface area contributed by atoms with Crippen molar-refractivity contribution < 1.29 is 34.1 Å². The molecule has 160 valence electrons. The van der Waals surface area contributed by atoms with Gasteiger partial charge < -0.3 is 25.0 Å². The van der Waals surface area contributed by atoms with Crippen molar-refractivity contribution in [2.24, 2.45) is 0 Å². The first-order valence-corrected chi connectivity index (χ1v) is 9.63. The zero-order chi connectivity index (χ0) is 21.2. The minimum Gasteiger partial charge on any atom is -0.469 e. The van der Waals surface area contributed by atoms with Gasteiger partial charge in [0.05, 0.1) is 13.2 Å². The molecule has 0 saturated carbocycles. The SMILES string of the molecule is COC(=O)CCC(O)C(O)C(=O)NC1CCCCN1C(=O)OCc1ccccc1. The molecule has 1 aromatic rings. The third-order valence-electron chi connectivity index (χ3n) is 4.76. The van der Waals surface area contributed by atoms with E-state index in [1.54, 1.807) is 0 Å². The molecule has 0 aromatic heterocycles. The first kappa shape index (κ1) is 22.6. The molecule has 2 amide bonds. The summed E-state index contributed by atoms with van der Waals surface area (Å²) in [4.78, 5) is 37.3. The second-order valence-electron chi connectivity index (χ2n) is 6.88. The third-order valence-corrected chi connectivity index (χ3v) is 4.76. The molecule has 1 aliphatic heterocycles. The number of ether oxygens (including phenoxy) is 2. The summed E-state index contributed by atoms with van der Waals surface area (Å²) in [6.07, 6.45) is -2.48. The number of nitrogens with zero attached hydrogens (tertiary/aromatic N) is 1. The highest BCUT2D eigenvalue weighted by Crippen LogP contribution is 2.17.